The number of rotatable bonds is 5. The van der Waals surface area contributed by atoms with Crippen LogP contribution in [0.3, 0.4) is 0 Å². The van der Waals surface area contributed by atoms with Crippen LogP contribution in [0.15, 0.2) is 6.07 Å². The third-order valence-corrected chi connectivity index (χ3v) is 1.83. The number of hydrazine groups is 1. The van der Waals surface area contributed by atoms with E-state index in [1.54, 1.807) is 0 Å². The summed E-state index contributed by atoms with van der Waals surface area (Å²) >= 11 is 0. The van der Waals surface area contributed by atoms with Crippen LogP contribution in [0.2, 0.25) is 0 Å². The van der Waals surface area contributed by atoms with Crippen molar-refractivity contribution < 1.29 is 0 Å². The molecule has 0 fully saturated rings. The summed E-state index contributed by atoms with van der Waals surface area (Å²) in [7, 11) is 0. The van der Waals surface area contributed by atoms with E-state index in [9.17, 15) is 0 Å². The van der Waals surface area contributed by atoms with Crippen molar-refractivity contribution in [3.8, 4) is 0 Å². The molecule has 1 rings (SSSR count). The molecule has 4 N–H and O–H groups in total. The smallest absolute Gasteiger partial charge is 0.161 e. The molecule has 4 heteroatoms. The molecular formula is C8H16N4. The third kappa shape index (κ3) is 2.54. The summed E-state index contributed by atoms with van der Waals surface area (Å²) in [5, 5.41) is 6.88. The highest BCUT2D eigenvalue weighted by Crippen LogP contribution is 2.07. The summed E-state index contributed by atoms with van der Waals surface area (Å²) in [5.41, 5.74) is 3.64. The monoisotopic (exact) mass is 168 g/mol. The lowest BCUT2D eigenvalue weighted by Crippen LogP contribution is -2.06. The minimum Gasteiger partial charge on any atom is -0.307 e. The van der Waals surface area contributed by atoms with E-state index in [0.717, 1.165) is 12.1 Å². The van der Waals surface area contributed by atoms with Gasteiger partial charge in [-0.2, -0.15) is 5.10 Å². The topological polar surface area (TPSA) is 66.7 Å². The highest BCUT2D eigenvalue weighted by Gasteiger charge is 1.97. The molecule has 0 aromatic carbocycles. The maximum atomic E-state index is 5.19. The van der Waals surface area contributed by atoms with Crippen LogP contribution >= 0.6 is 0 Å². The minimum absolute atomic E-state index is 0.710. The molecular weight excluding hydrogens is 152 g/mol. The Morgan fingerprint density at radius 2 is 2.42 bits per heavy atom. The number of hydrogen-bond acceptors (Lipinski definition) is 3. The molecule has 0 aliphatic heterocycles. The highest BCUT2D eigenvalue weighted by molar-refractivity contribution is 5.33. The zero-order valence-corrected chi connectivity index (χ0v) is 7.43. The second-order valence-electron chi connectivity index (χ2n) is 2.88. The number of aryl methyl sites for hydroxylation is 1. The van der Waals surface area contributed by atoms with Gasteiger partial charge in [-0.15, -0.1) is 0 Å². The van der Waals surface area contributed by atoms with Gasteiger partial charge in [-0.1, -0.05) is 19.8 Å². The number of unbranched alkanes of at least 4 members (excludes halogenated alkanes) is 2. The van der Waals surface area contributed by atoms with Crippen LogP contribution in [-0.2, 0) is 6.42 Å². The molecule has 1 heterocycles. The number of H-pyrrole nitrogens is 1. The van der Waals surface area contributed by atoms with E-state index in [0.29, 0.717) is 5.82 Å². The van der Waals surface area contributed by atoms with E-state index in [1.807, 2.05) is 6.07 Å². The van der Waals surface area contributed by atoms with E-state index in [4.69, 9.17) is 5.84 Å². The Balaban J connectivity index is 2.31. The summed E-state index contributed by atoms with van der Waals surface area (Å²) in [6, 6.07) is 1.94. The first-order valence-electron chi connectivity index (χ1n) is 4.37. The minimum atomic E-state index is 0.710. The number of hydrogen-bond donors (Lipinski definition) is 3. The fourth-order valence-electron chi connectivity index (χ4n) is 1.13. The van der Waals surface area contributed by atoms with Crippen LogP contribution in [0, 0.1) is 0 Å². The average molecular weight is 168 g/mol. The normalized spacial score (nSPS) is 10.2. The first-order valence-corrected chi connectivity index (χ1v) is 4.37. The number of nitrogens with two attached hydrogens (primary N) is 1. The van der Waals surface area contributed by atoms with Gasteiger partial charge in [-0.05, 0) is 12.8 Å². The Morgan fingerprint density at radius 3 is 3.00 bits per heavy atom. The van der Waals surface area contributed by atoms with Gasteiger partial charge in [0.25, 0.3) is 0 Å². The van der Waals surface area contributed by atoms with Gasteiger partial charge in [0.05, 0.1) is 0 Å². The molecule has 0 aliphatic carbocycles. The van der Waals surface area contributed by atoms with E-state index in [1.165, 1.54) is 19.3 Å². The maximum absolute atomic E-state index is 5.19. The lowest BCUT2D eigenvalue weighted by molar-refractivity contribution is 0.705. The van der Waals surface area contributed by atoms with Gasteiger partial charge < -0.3 is 5.43 Å². The second-order valence-corrected chi connectivity index (χ2v) is 2.88. The molecule has 0 radical (unpaired) electrons. The van der Waals surface area contributed by atoms with Gasteiger partial charge in [-0.25, -0.2) is 5.84 Å². The Bertz CT molecular complexity index is 219. The molecule has 0 saturated heterocycles. The molecule has 0 spiro atoms. The fourth-order valence-corrected chi connectivity index (χ4v) is 1.13. The molecule has 0 aliphatic rings. The van der Waals surface area contributed by atoms with Crippen molar-refractivity contribution in [2.45, 2.75) is 32.6 Å². The zero-order chi connectivity index (χ0) is 8.81. The van der Waals surface area contributed by atoms with Crippen LogP contribution < -0.4 is 11.3 Å². The van der Waals surface area contributed by atoms with Crippen LogP contribution in [-0.4, -0.2) is 10.2 Å². The van der Waals surface area contributed by atoms with Crippen molar-refractivity contribution >= 4 is 5.82 Å². The van der Waals surface area contributed by atoms with Crippen LogP contribution in [0.1, 0.15) is 31.9 Å². The van der Waals surface area contributed by atoms with Gasteiger partial charge in [0.15, 0.2) is 5.82 Å². The highest BCUT2D eigenvalue weighted by atomic mass is 15.3. The SMILES string of the molecule is CCCCCc1cc(NN)n[nH]1. The number of aromatic amines is 1. The van der Waals surface area contributed by atoms with Crippen LogP contribution in [0.4, 0.5) is 5.82 Å². The van der Waals surface area contributed by atoms with Gasteiger partial charge in [0, 0.05) is 11.8 Å². The molecule has 0 amide bonds. The number of anilines is 1. The zero-order valence-electron chi connectivity index (χ0n) is 7.43. The largest absolute Gasteiger partial charge is 0.307 e. The van der Waals surface area contributed by atoms with Crippen molar-refractivity contribution in [1.29, 1.82) is 0 Å². The predicted octanol–water partition coefficient (Wildman–Crippen LogP) is 1.43. The van der Waals surface area contributed by atoms with Gasteiger partial charge in [0.2, 0.25) is 0 Å². The number of nitrogen functional groups attached to an aromatic ring is 1. The number of nitrogens with one attached hydrogen (secondary N) is 2. The Kier molecular flexibility index (Phi) is 3.60. The fraction of sp³-hybridized carbons (Fsp3) is 0.625. The first kappa shape index (κ1) is 9.06. The summed E-state index contributed by atoms with van der Waals surface area (Å²) in [6.45, 7) is 2.19. The molecule has 0 saturated carbocycles. The Hall–Kier alpha value is -1.03. The van der Waals surface area contributed by atoms with Crippen molar-refractivity contribution in [3.63, 3.8) is 0 Å². The third-order valence-electron chi connectivity index (χ3n) is 1.83. The van der Waals surface area contributed by atoms with E-state index >= 15 is 0 Å². The van der Waals surface area contributed by atoms with Crippen molar-refractivity contribution in [2.24, 2.45) is 5.84 Å². The van der Waals surface area contributed by atoms with Crippen LogP contribution in [0.25, 0.3) is 0 Å². The van der Waals surface area contributed by atoms with Gasteiger partial charge in [0.1, 0.15) is 0 Å². The molecule has 1 aromatic rings. The quantitative estimate of drug-likeness (QED) is 0.354. The van der Waals surface area contributed by atoms with Gasteiger partial charge >= 0.3 is 0 Å². The van der Waals surface area contributed by atoms with Crippen molar-refractivity contribution in [3.05, 3.63) is 11.8 Å². The molecule has 1 aromatic heterocycles. The number of aromatic nitrogens is 2. The summed E-state index contributed by atoms with van der Waals surface area (Å²) in [4.78, 5) is 0. The predicted molar refractivity (Wildman–Crippen MR) is 49.6 cm³/mol. The standard InChI is InChI=1S/C8H16N4/c1-2-3-4-5-7-6-8(10-9)12-11-7/h6H,2-5,9H2,1H3,(H2,10,11,12). The molecule has 68 valence electrons. The molecule has 0 unspecified atom stereocenters. The summed E-state index contributed by atoms with van der Waals surface area (Å²) < 4.78 is 0. The summed E-state index contributed by atoms with van der Waals surface area (Å²) in [5.74, 6) is 5.90. The average Bonchev–Trinajstić information content (AvgIpc) is 2.53. The van der Waals surface area contributed by atoms with Gasteiger partial charge in [-0.3, -0.25) is 5.10 Å². The van der Waals surface area contributed by atoms with E-state index < -0.39 is 0 Å². The summed E-state index contributed by atoms with van der Waals surface area (Å²) in [6.07, 6.45) is 4.78. The molecule has 0 bridgehead atoms. The first-order chi connectivity index (χ1) is 5.86. The second kappa shape index (κ2) is 4.77. The lowest BCUT2D eigenvalue weighted by atomic mass is 10.2. The van der Waals surface area contributed by atoms with Crippen molar-refractivity contribution in [2.75, 3.05) is 5.43 Å². The maximum Gasteiger partial charge on any atom is 0.161 e. The Labute approximate surface area is 72.5 Å². The molecule has 0 atom stereocenters. The van der Waals surface area contributed by atoms with Crippen molar-refractivity contribution in [1.82, 2.24) is 10.2 Å². The van der Waals surface area contributed by atoms with E-state index in [-0.39, 0.29) is 0 Å². The number of nitrogens with zero attached hydrogens (tertiary/aromatic N) is 1. The van der Waals surface area contributed by atoms with E-state index in [2.05, 4.69) is 22.5 Å². The molecule has 4 nitrogen and oxygen atoms in total. The molecule has 12 heavy (non-hydrogen) atoms. The Morgan fingerprint density at radius 1 is 1.58 bits per heavy atom. The lowest BCUT2D eigenvalue weighted by Gasteiger charge is -1.93. The van der Waals surface area contributed by atoms with Crippen LogP contribution in [0.5, 0.6) is 0 Å².